The van der Waals surface area contributed by atoms with Crippen LogP contribution in [0.1, 0.15) is 31.0 Å². The van der Waals surface area contributed by atoms with Crippen molar-refractivity contribution in [1.82, 2.24) is 14.9 Å². The Balaban J connectivity index is 1.56. The van der Waals surface area contributed by atoms with Crippen LogP contribution in [-0.2, 0) is 11.3 Å². The Labute approximate surface area is 164 Å². The van der Waals surface area contributed by atoms with Crippen LogP contribution in [0.15, 0.2) is 30.3 Å². The average Bonchev–Trinajstić information content (AvgIpc) is 2.68. The number of halogens is 1. The molecule has 3 rings (SSSR count). The number of nitrogens with zero attached hydrogens (tertiary/aromatic N) is 3. The minimum Gasteiger partial charge on any atom is -0.450 e. The molecule has 1 aromatic carbocycles. The van der Waals surface area contributed by atoms with Gasteiger partial charge in [-0.05, 0) is 32.8 Å². The number of aromatic nitrogens is 2. The standard InChI is InChI=1S/C20H26FN5O2/c1-3-28-20(27)26-10-8-16(9-11-26)24-19-23-14(2)12-18(25-19)22-13-15-6-4-5-7-17(15)21/h4-7,12,16H,3,8-11,13H2,1-2H3,(H2,22,23,24,25). The molecule has 2 aromatic rings. The second kappa shape index (κ2) is 9.34. The van der Waals surface area contributed by atoms with Crippen molar-refractivity contribution in [1.29, 1.82) is 0 Å². The van der Waals surface area contributed by atoms with Crippen LogP contribution >= 0.6 is 0 Å². The number of hydrogen-bond donors (Lipinski definition) is 2. The molecular weight excluding hydrogens is 361 g/mol. The van der Waals surface area contributed by atoms with Gasteiger partial charge in [0.1, 0.15) is 11.6 Å². The Bertz CT molecular complexity index is 809. The van der Waals surface area contributed by atoms with E-state index in [1.165, 1.54) is 6.07 Å². The van der Waals surface area contributed by atoms with E-state index in [1.807, 2.05) is 13.0 Å². The Morgan fingerprint density at radius 2 is 2.04 bits per heavy atom. The van der Waals surface area contributed by atoms with Gasteiger partial charge in [-0.25, -0.2) is 14.2 Å². The number of hydrogen-bond acceptors (Lipinski definition) is 6. The van der Waals surface area contributed by atoms with E-state index in [4.69, 9.17) is 4.74 Å². The molecule has 1 aliphatic rings. The van der Waals surface area contributed by atoms with E-state index in [9.17, 15) is 9.18 Å². The van der Waals surface area contributed by atoms with Gasteiger partial charge in [0.2, 0.25) is 5.95 Å². The first-order valence-corrected chi connectivity index (χ1v) is 9.56. The molecule has 0 saturated carbocycles. The molecule has 0 unspecified atom stereocenters. The highest BCUT2D eigenvalue weighted by atomic mass is 19.1. The Morgan fingerprint density at radius 1 is 1.29 bits per heavy atom. The van der Waals surface area contributed by atoms with Gasteiger partial charge >= 0.3 is 6.09 Å². The van der Waals surface area contributed by atoms with Gasteiger partial charge < -0.3 is 20.3 Å². The van der Waals surface area contributed by atoms with Crippen molar-refractivity contribution >= 4 is 17.9 Å². The minimum atomic E-state index is -0.257. The highest BCUT2D eigenvalue weighted by molar-refractivity contribution is 5.67. The molecular formula is C20H26FN5O2. The molecule has 7 nitrogen and oxygen atoms in total. The number of likely N-dealkylation sites (tertiary alicyclic amines) is 1. The molecule has 150 valence electrons. The largest absolute Gasteiger partial charge is 0.450 e. The van der Waals surface area contributed by atoms with Crippen LogP contribution in [0.25, 0.3) is 0 Å². The van der Waals surface area contributed by atoms with Crippen molar-refractivity contribution in [3.63, 3.8) is 0 Å². The van der Waals surface area contributed by atoms with E-state index >= 15 is 0 Å². The fourth-order valence-electron chi connectivity index (χ4n) is 3.15. The SMILES string of the molecule is CCOC(=O)N1CCC(Nc2nc(C)cc(NCc3ccccc3F)n2)CC1. The summed E-state index contributed by atoms with van der Waals surface area (Å²) in [7, 11) is 0. The molecule has 0 bridgehead atoms. The molecule has 28 heavy (non-hydrogen) atoms. The second-order valence-corrected chi connectivity index (χ2v) is 6.77. The van der Waals surface area contributed by atoms with Crippen LogP contribution in [0, 0.1) is 12.7 Å². The first kappa shape index (κ1) is 19.9. The summed E-state index contributed by atoms with van der Waals surface area (Å²) in [5, 5.41) is 6.50. The zero-order valence-electron chi connectivity index (χ0n) is 16.2. The maximum absolute atomic E-state index is 13.8. The number of carbonyl (C=O) groups excluding carboxylic acids is 1. The van der Waals surface area contributed by atoms with Crippen LogP contribution in [0.4, 0.5) is 21.0 Å². The summed E-state index contributed by atoms with van der Waals surface area (Å²) in [6, 6.07) is 8.68. The van der Waals surface area contributed by atoms with Crippen molar-refractivity contribution in [3.8, 4) is 0 Å². The van der Waals surface area contributed by atoms with Crippen molar-refractivity contribution < 1.29 is 13.9 Å². The summed E-state index contributed by atoms with van der Waals surface area (Å²) in [6.07, 6.45) is 1.34. The molecule has 1 amide bonds. The van der Waals surface area contributed by atoms with E-state index < -0.39 is 0 Å². The number of rotatable bonds is 6. The fourth-order valence-corrected chi connectivity index (χ4v) is 3.15. The van der Waals surface area contributed by atoms with Crippen molar-refractivity contribution in [2.45, 2.75) is 39.3 Å². The number of ether oxygens (including phenoxy) is 1. The van der Waals surface area contributed by atoms with E-state index in [-0.39, 0.29) is 18.0 Å². The minimum absolute atomic E-state index is 0.187. The van der Waals surface area contributed by atoms with E-state index in [0.29, 0.717) is 43.6 Å². The zero-order chi connectivity index (χ0) is 19.9. The third kappa shape index (κ3) is 5.31. The summed E-state index contributed by atoms with van der Waals surface area (Å²) < 4.78 is 18.8. The maximum Gasteiger partial charge on any atom is 0.409 e. The summed E-state index contributed by atoms with van der Waals surface area (Å²) in [5.41, 5.74) is 1.40. The van der Waals surface area contributed by atoms with Gasteiger partial charge in [-0.1, -0.05) is 18.2 Å². The van der Waals surface area contributed by atoms with Gasteiger partial charge in [-0.15, -0.1) is 0 Å². The monoisotopic (exact) mass is 387 g/mol. The van der Waals surface area contributed by atoms with Gasteiger partial charge in [0.25, 0.3) is 0 Å². The molecule has 2 N–H and O–H groups in total. The molecule has 0 radical (unpaired) electrons. The number of anilines is 2. The highest BCUT2D eigenvalue weighted by Crippen LogP contribution is 2.18. The molecule has 1 saturated heterocycles. The summed E-state index contributed by atoms with van der Waals surface area (Å²) in [4.78, 5) is 22.4. The smallest absolute Gasteiger partial charge is 0.409 e. The topological polar surface area (TPSA) is 79.4 Å². The molecule has 1 fully saturated rings. The quantitative estimate of drug-likeness (QED) is 0.789. The van der Waals surface area contributed by atoms with Crippen LogP contribution in [0.3, 0.4) is 0 Å². The van der Waals surface area contributed by atoms with Gasteiger partial charge in [0.15, 0.2) is 0 Å². The van der Waals surface area contributed by atoms with Gasteiger partial charge in [0.05, 0.1) is 6.61 Å². The number of carbonyl (C=O) groups is 1. The van der Waals surface area contributed by atoms with Crippen LogP contribution in [0.5, 0.6) is 0 Å². The molecule has 8 heteroatoms. The first-order valence-electron chi connectivity index (χ1n) is 9.56. The normalized spacial score (nSPS) is 14.6. The van der Waals surface area contributed by atoms with Crippen molar-refractivity contribution in [3.05, 3.63) is 47.4 Å². The van der Waals surface area contributed by atoms with Crippen molar-refractivity contribution in [2.75, 3.05) is 30.3 Å². The fraction of sp³-hybridized carbons (Fsp3) is 0.450. The third-order valence-electron chi connectivity index (χ3n) is 4.63. The number of nitrogens with one attached hydrogen (secondary N) is 2. The Kier molecular flexibility index (Phi) is 6.62. The summed E-state index contributed by atoms with van der Waals surface area (Å²) in [6.45, 7) is 5.71. The first-order chi connectivity index (χ1) is 13.5. The average molecular weight is 387 g/mol. The van der Waals surface area contributed by atoms with Crippen LogP contribution < -0.4 is 10.6 Å². The molecule has 0 aliphatic carbocycles. The molecule has 0 spiro atoms. The predicted octanol–water partition coefficient (Wildman–Crippen LogP) is 3.57. The molecule has 2 heterocycles. The summed E-state index contributed by atoms with van der Waals surface area (Å²) >= 11 is 0. The lowest BCUT2D eigenvalue weighted by Crippen LogP contribution is -2.42. The zero-order valence-corrected chi connectivity index (χ0v) is 16.2. The number of piperidine rings is 1. The lowest BCUT2D eigenvalue weighted by Gasteiger charge is -2.31. The predicted molar refractivity (Wildman–Crippen MR) is 106 cm³/mol. The molecule has 1 aliphatic heterocycles. The lowest BCUT2D eigenvalue weighted by atomic mass is 10.1. The number of aryl methyl sites for hydroxylation is 1. The van der Waals surface area contributed by atoms with E-state index in [0.717, 1.165) is 18.5 Å². The van der Waals surface area contributed by atoms with Gasteiger partial charge in [-0.3, -0.25) is 0 Å². The lowest BCUT2D eigenvalue weighted by molar-refractivity contribution is 0.0983. The molecule has 0 atom stereocenters. The van der Waals surface area contributed by atoms with Gasteiger partial charge in [-0.2, -0.15) is 4.98 Å². The number of benzene rings is 1. The Hall–Kier alpha value is -2.90. The number of amides is 1. The Morgan fingerprint density at radius 3 is 2.75 bits per heavy atom. The maximum atomic E-state index is 13.8. The van der Waals surface area contributed by atoms with E-state index in [1.54, 1.807) is 30.0 Å². The van der Waals surface area contributed by atoms with Crippen LogP contribution in [0.2, 0.25) is 0 Å². The van der Waals surface area contributed by atoms with Crippen molar-refractivity contribution in [2.24, 2.45) is 0 Å². The van der Waals surface area contributed by atoms with Gasteiger partial charge in [0, 0.05) is 43.0 Å². The third-order valence-corrected chi connectivity index (χ3v) is 4.63. The van der Waals surface area contributed by atoms with Crippen LogP contribution in [-0.4, -0.2) is 46.7 Å². The second-order valence-electron chi connectivity index (χ2n) is 6.77. The highest BCUT2D eigenvalue weighted by Gasteiger charge is 2.24. The van der Waals surface area contributed by atoms with E-state index in [2.05, 4.69) is 20.6 Å². The summed E-state index contributed by atoms with van der Waals surface area (Å²) in [5.74, 6) is 0.931. The molecule has 1 aromatic heterocycles.